The summed E-state index contributed by atoms with van der Waals surface area (Å²) in [6.07, 6.45) is 0. The molecule has 0 fully saturated rings. The minimum absolute atomic E-state index is 0.225. The van der Waals surface area contributed by atoms with E-state index in [1.807, 2.05) is 31.1 Å². The first-order chi connectivity index (χ1) is 14.7. The Bertz CT molecular complexity index is 1030. The largest absolute Gasteiger partial charge is 0.378 e. The van der Waals surface area contributed by atoms with E-state index in [4.69, 9.17) is 0 Å². The zero-order valence-electron chi connectivity index (χ0n) is 18.1. The van der Waals surface area contributed by atoms with Gasteiger partial charge in [-0.2, -0.15) is 0 Å². The SMILES string of the molecule is CC(C)N1C(=O)c2ccc(C(=O)NCCNC(=O)c3ccc(N(C)C)cc3)cc2C1=O. The van der Waals surface area contributed by atoms with Crippen molar-refractivity contribution >= 4 is 29.3 Å². The van der Waals surface area contributed by atoms with Crippen molar-refractivity contribution in [1.82, 2.24) is 15.5 Å². The number of benzene rings is 2. The summed E-state index contributed by atoms with van der Waals surface area (Å²) in [5.74, 6) is -1.34. The van der Waals surface area contributed by atoms with Gasteiger partial charge in [0.25, 0.3) is 23.6 Å². The summed E-state index contributed by atoms with van der Waals surface area (Å²) >= 11 is 0. The maximum absolute atomic E-state index is 12.5. The van der Waals surface area contributed by atoms with Gasteiger partial charge in [-0.15, -0.1) is 0 Å². The number of amides is 4. The highest BCUT2D eigenvalue weighted by molar-refractivity contribution is 6.22. The van der Waals surface area contributed by atoms with Gasteiger partial charge in [0, 0.05) is 50.0 Å². The zero-order valence-corrected chi connectivity index (χ0v) is 18.1. The van der Waals surface area contributed by atoms with Gasteiger partial charge < -0.3 is 15.5 Å². The predicted molar refractivity (Wildman–Crippen MR) is 118 cm³/mol. The van der Waals surface area contributed by atoms with Crippen molar-refractivity contribution in [2.45, 2.75) is 19.9 Å². The van der Waals surface area contributed by atoms with Crippen LogP contribution in [0.15, 0.2) is 42.5 Å². The van der Waals surface area contributed by atoms with Crippen LogP contribution in [0.4, 0.5) is 5.69 Å². The van der Waals surface area contributed by atoms with Crippen molar-refractivity contribution < 1.29 is 19.2 Å². The second-order valence-electron chi connectivity index (χ2n) is 7.79. The molecule has 2 aromatic carbocycles. The molecule has 4 amide bonds. The summed E-state index contributed by atoms with van der Waals surface area (Å²) in [7, 11) is 3.85. The highest BCUT2D eigenvalue weighted by Gasteiger charge is 2.37. The molecule has 0 aliphatic carbocycles. The van der Waals surface area contributed by atoms with E-state index >= 15 is 0 Å². The van der Waals surface area contributed by atoms with E-state index in [1.54, 1.807) is 26.0 Å². The van der Waals surface area contributed by atoms with E-state index in [2.05, 4.69) is 10.6 Å². The highest BCUT2D eigenvalue weighted by atomic mass is 16.2. The number of anilines is 1. The van der Waals surface area contributed by atoms with Crippen LogP contribution in [0.25, 0.3) is 0 Å². The molecule has 8 nitrogen and oxygen atoms in total. The zero-order chi connectivity index (χ0) is 22.7. The van der Waals surface area contributed by atoms with E-state index in [0.29, 0.717) is 11.1 Å². The Morgan fingerprint density at radius 3 is 1.90 bits per heavy atom. The molecule has 0 radical (unpaired) electrons. The van der Waals surface area contributed by atoms with Crippen LogP contribution in [0.2, 0.25) is 0 Å². The van der Waals surface area contributed by atoms with E-state index in [0.717, 1.165) is 5.69 Å². The van der Waals surface area contributed by atoms with Crippen LogP contribution >= 0.6 is 0 Å². The van der Waals surface area contributed by atoms with Gasteiger partial charge in [0.2, 0.25) is 0 Å². The summed E-state index contributed by atoms with van der Waals surface area (Å²) in [6, 6.07) is 11.4. The molecular formula is C23H26N4O4. The van der Waals surface area contributed by atoms with Gasteiger partial charge in [-0.25, -0.2) is 0 Å². The first-order valence-corrected chi connectivity index (χ1v) is 10.1. The van der Waals surface area contributed by atoms with Gasteiger partial charge in [0.05, 0.1) is 11.1 Å². The monoisotopic (exact) mass is 422 g/mol. The molecule has 0 unspecified atom stereocenters. The molecule has 2 N–H and O–H groups in total. The van der Waals surface area contributed by atoms with Crippen LogP contribution in [0.1, 0.15) is 55.3 Å². The molecule has 0 saturated heterocycles. The van der Waals surface area contributed by atoms with Crippen molar-refractivity contribution in [3.05, 3.63) is 64.7 Å². The normalized spacial score (nSPS) is 12.7. The smallest absolute Gasteiger partial charge is 0.261 e. The molecule has 31 heavy (non-hydrogen) atoms. The Morgan fingerprint density at radius 2 is 1.35 bits per heavy atom. The second-order valence-corrected chi connectivity index (χ2v) is 7.79. The fourth-order valence-corrected chi connectivity index (χ4v) is 3.34. The molecule has 0 bridgehead atoms. The van der Waals surface area contributed by atoms with Gasteiger partial charge in [-0.1, -0.05) is 0 Å². The van der Waals surface area contributed by atoms with Gasteiger partial charge in [0.15, 0.2) is 0 Å². The lowest BCUT2D eigenvalue weighted by Gasteiger charge is -2.17. The Kier molecular flexibility index (Phi) is 6.39. The molecule has 1 aliphatic rings. The fourth-order valence-electron chi connectivity index (χ4n) is 3.34. The standard InChI is InChI=1S/C23H26N4O4/c1-14(2)27-22(30)18-10-7-16(13-19(18)23(27)31)21(29)25-12-11-24-20(28)15-5-8-17(9-6-15)26(3)4/h5-10,13-14H,11-12H2,1-4H3,(H,24,28)(H,25,29). The van der Waals surface area contributed by atoms with Crippen molar-refractivity contribution in [2.75, 3.05) is 32.1 Å². The molecule has 162 valence electrons. The number of carbonyl (C=O) groups excluding carboxylic acids is 4. The number of nitrogens with one attached hydrogen (secondary N) is 2. The third-order valence-corrected chi connectivity index (χ3v) is 5.04. The molecule has 0 saturated carbocycles. The second kappa shape index (κ2) is 8.99. The molecule has 1 heterocycles. The van der Waals surface area contributed by atoms with Gasteiger partial charge in [0.1, 0.15) is 0 Å². The summed E-state index contributed by atoms with van der Waals surface area (Å²) < 4.78 is 0. The van der Waals surface area contributed by atoms with Crippen LogP contribution < -0.4 is 15.5 Å². The maximum atomic E-state index is 12.5. The summed E-state index contributed by atoms with van der Waals surface area (Å²) in [5.41, 5.74) is 2.36. The Morgan fingerprint density at radius 1 is 0.839 bits per heavy atom. The number of hydrogen-bond acceptors (Lipinski definition) is 5. The van der Waals surface area contributed by atoms with Crippen LogP contribution in [-0.4, -0.2) is 61.8 Å². The molecule has 0 spiro atoms. The topological polar surface area (TPSA) is 98.8 Å². The van der Waals surface area contributed by atoms with Crippen LogP contribution in [0.3, 0.4) is 0 Å². The van der Waals surface area contributed by atoms with E-state index in [9.17, 15) is 19.2 Å². The number of carbonyl (C=O) groups is 4. The highest BCUT2D eigenvalue weighted by Crippen LogP contribution is 2.25. The summed E-state index contributed by atoms with van der Waals surface area (Å²) in [6.45, 7) is 4.01. The summed E-state index contributed by atoms with van der Waals surface area (Å²) in [5, 5.41) is 5.47. The van der Waals surface area contributed by atoms with E-state index in [-0.39, 0.29) is 48.0 Å². The van der Waals surface area contributed by atoms with Gasteiger partial charge >= 0.3 is 0 Å². The number of hydrogen-bond donors (Lipinski definition) is 2. The van der Waals surface area contributed by atoms with Crippen molar-refractivity contribution in [1.29, 1.82) is 0 Å². The molecule has 3 rings (SSSR count). The lowest BCUT2D eigenvalue weighted by atomic mass is 10.1. The average molecular weight is 422 g/mol. The van der Waals surface area contributed by atoms with Crippen LogP contribution in [-0.2, 0) is 0 Å². The van der Waals surface area contributed by atoms with E-state index in [1.165, 1.54) is 23.1 Å². The van der Waals surface area contributed by atoms with Gasteiger partial charge in [-0.05, 0) is 56.3 Å². The Balaban J connectivity index is 1.53. The molecule has 8 heteroatoms. The molecule has 1 aliphatic heterocycles. The quantitative estimate of drug-likeness (QED) is 0.525. The van der Waals surface area contributed by atoms with Crippen molar-refractivity contribution in [3.63, 3.8) is 0 Å². The third kappa shape index (κ3) is 4.58. The molecular weight excluding hydrogens is 396 g/mol. The lowest BCUT2D eigenvalue weighted by molar-refractivity contribution is 0.0608. The minimum atomic E-state index is -0.391. The average Bonchev–Trinajstić information content (AvgIpc) is 3.00. The lowest BCUT2D eigenvalue weighted by Crippen LogP contribution is -2.36. The molecule has 0 aromatic heterocycles. The third-order valence-electron chi connectivity index (χ3n) is 5.04. The van der Waals surface area contributed by atoms with Crippen LogP contribution in [0, 0.1) is 0 Å². The minimum Gasteiger partial charge on any atom is -0.378 e. The number of rotatable bonds is 7. The van der Waals surface area contributed by atoms with Gasteiger partial charge in [-0.3, -0.25) is 24.1 Å². The Hall–Kier alpha value is -3.68. The van der Waals surface area contributed by atoms with Crippen LogP contribution in [0.5, 0.6) is 0 Å². The number of nitrogens with zero attached hydrogens (tertiary/aromatic N) is 2. The number of imide groups is 1. The Labute approximate surface area is 181 Å². The van der Waals surface area contributed by atoms with E-state index < -0.39 is 5.91 Å². The van der Waals surface area contributed by atoms with Crippen molar-refractivity contribution in [3.8, 4) is 0 Å². The maximum Gasteiger partial charge on any atom is 0.261 e. The predicted octanol–water partition coefficient (Wildman–Crippen LogP) is 1.92. The molecule has 2 aromatic rings. The van der Waals surface area contributed by atoms with Crippen molar-refractivity contribution in [2.24, 2.45) is 0 Å². The fraction of sp³-hybridized carbons (Fsp3) is 0.304. The first kappa shape index (κ1) is 22.0. The number of fused-ring (bicyclic) bond motifs is 1. The summed E-state index contributed by atoms with van der Waals surface area (Å²) in [4.78, 5) is 52.6. The molecule has 0 atom stereocenters. The first-order valence-electron chi connectivity index (χ1n) is 10.1.